The van der Waals surface area contributed by atoms with Crippen molar-refractivity contribution in [1.29, 1.82) is 0 Å². The van der Waals surface area contributed by atoms with Crippen LogP contribution in [0.2, 0.25) is 0 Å². The van der Waals surface area contributed by atoms with Crippen LogP contribution in [0.5, 0.6) is 11.9 Å². The standard InChI is InChI=1S/C11H6N4O7/c16-4-1-11(19)2-5(17)22-15-3-12-7-6(15)8(21-9(11)18)14-10(13-7)20-4/h3,19H,1-2H2. The fourth-order valence-corrected chi connectivity index (χ4v) is 2.18. The van der Waals surface area contributed by atoms with Crippen molar-refractivity contribution in [2.75, 3.05) is 0 Å². The molecular formula is C11H6N4O7. The zero-order chi connectivity index (χ0) is 15.5. The summed E-state index contributed by atoms with van der Waals surface area (Å²) in [6.45, 7) is 0. The number of carbonyl (C=O) groups excluding carboxylic acids is 3. The molecule has 0 saturated heterocycles. The van der Waals surface area contributed by atoms with Crippen molar-refractivity contribution in [3.8, 4) is 11.9 Å². The fraction of sp³-hybridized carbons (Fsp3) is 0.273. The highest BCUT2D eigenvalue weighted by Crippen LogP contribution is 2.30. The maximum absolute atomic E-state index is 12.1. The lowest BCUT2D eigenvalue weighted by Gasteiger charge is -2.21. The predicted octanol–water partition coefficient (Wildman–Crippen LogP) is -1.87. The molecule has 4 rings (SSSR count). The molecule has 1 atom stereocenters. The predicted molar refractivity (Wildman–Crippen MR) is 62.4 cm³/mol. The van der Waals surface area contributed by atoms with E-state index >= 15 is 0 Å². The molecule has 0 fully saturated rings. The number of aromatic nitrogens is 4. The fourth-order valence-electron chi connectivity index (χ4n) is 2.18. The maximum atomic E-state index is 12.1. The third-order valence-electron chi connectivity index (χ3n) is 3.17. The maximum Gasteiger partial charge on any atom is 0.346 e. The lowest BCUT2D eigenvalue weighted by molar-refractivity contribution is -0.168. The van der Waals surface area contributed by atoms with E-state index in [1.54, 1.807) is 0 Å². The molecule has 112 valence electrons. The van der Waals surface area contributed by atoms with E-state index in [1.807, 2.05) is 0 Å². The summed E-state index contributed by atoms with van der Waals surface area (Å²) in [4.78, 5) is 52.2. The number of carbonyl (C=O) groups is 3. The molecule has 11 nitrogen and oxygen atoms in total. The lowest BCUT2D eigenvalue weighted by Crippen LogP contribution is -2.46. The summed E-state index contributed by atoms with van der Waals surface area (Å²) < 4.78 is 10.8. The van der Waals surface area contributed by atoms with E-state index in [4.69, 9.17) is 14.3 Å². The van der Waals surface area contributed by atoms with Gasteiger partial charge in [0.25, 0.3) is 5.88 Å². The van der Waals surface area contributed by atoms with E-state index in [9.17, 15) is 19.5 Å². The van der Waals surface area contributed by atoms with Gasteiger partial charge in [-0.15, -0.1) is 0 Å². The molecule has 0 aromatic carbocycles. The van der Waals surface area contributed by atoms with Crippen LogP contribution in [0, 0.1) is 0 Å². The van der Waals surface area contributed by atoms with Crippen molar-refractivity contribution in [1.82, 2.24) is 19.7 Å². The van der Waals surface area contributed by atoms with E-state index in [2.05, 4.69) is 15.0 Å². The molecule has 0 aliphatic carbocycles. The Bertz CT molecular complexity index is 859. The number of aliphatic hydroxyl groups is 1. The highest BCUT2D eigenvalue weighted by atomic mass is 16.7. The van der Waals surface area contributed by atoms with Crippen molar-refractivity contribution in [3.05, 3.63) is 6.33 Å². The summed E-state index contributed by atoms with van der Waals surface area (Å²) in [6, 6.07) is -0.387. The Morgan fingerprint density at radius 3 is 2.73 bits per heavy atom. The molecule has 1 unspecified atom stereocenters. The zero-order valence-electron chi connectivity index (χ0n) is 10.7. The van der Waals surface area contributed by atoms with E-state index < -0.39 is 36.4 Å². The topological polar surface area (TPSA) is 143 Å². The highest BCUT2D eigenvalue weighted by Gasteiger charge is 2.46. The molecule has 2 aromatic rings. The van der Waals surface area contributed by atoms with Crippen LogP contribution in [0.15, 0.2) is 6.33 Å². The first-order valence-corrected chi connectivity index (χ1v) is 6.06. The number of ether oxygens (including phenoxy) is 2. The molecular weight excluding hydrogens is 300 g/mol. The van der Waals surface area contributed by atoms with Gasteiger partial charge in [0.1, 0.15) is 6.33 Å². The lowest BCUT2D eigenvalue weighted by atomic mass is 9.96. The molecule has 2 aliphatic heterocycles. The van der Waals surface area contributed by atoms with Gasteiger partial charge in [-0.25, -0.2) is 14.6 Å². The molecule has 1 N–H and O–H groups in total. The van der Waals surface area contributed by atoms with Crippen LogP contribution in [0.25, 0.3) is 11.2 Å². The molecule has 0 radical (unpaired) electrons. The van der Waals surface area contributed by atoms with Gasteiger partial charge in [-0.05, 0) is 0 Å². The third-order valence-corrected chi connectivity index (χ3v) is 3.17. The van der Waals surface area contributed by atoms with Gasteiger partial charge in [-0.2, -0.15) is 14.7 Å². The Balaban J connectivity index is 2.06. The van der Waals surface area contributed by atoms with Gasteiger partial charge >= 0.3 is 23.9 Å². The quantitative estimate of drug-likeness (QED) is 0.550. The van der Waals surface area contributed by atoms with Crippen LogP contribution in [-0.2, 0) is 14.4 Å². The van der Waals surface area contributed by atoms with Gasteiger partial charge in [-0.1, -0.05) is 0 Å². The number of rotatable bonds is 0. The Kier molecular flexibility index (Phi) is 2.29. The Labute approximate surface area is 120 Å². The van der Waals surface area contributed by atoms with Gasteiger partial charge in [-0.3, -0.25) is 4.79 Å². The monoisotopic (exact) mass is 306 g/mol. The zero-order valence-corrected chi connectivity index (χ0v) is 10.7. The summed E-state index contributed by atoms with van der Waals surface area (Å²) in [5.41, 5.74) is -2.44. The largest absolute Gasteiger partial charge is 0.403 e. The number of hydrogen-bond acceptors (Lipinski definition) is 10. The molecule has 0 spiro atoms. The molecule has 2 aliphatic rings. The van der Waals surface area contributed by atoms with Crippen molar-refractivity contribution in [3.63, 3.8) is 0 Å². The minimum atomic E-state index is -2.42. The number of hydrogen-bond donors (Lipinski definition) is 1. The van der Waals surface area contributed by atoms with Gasteiger partial charge < -0.3 is 19.4 Å². The first-order chi connectivity index (χ1) is 10.4. The summed E-state index contributed by atoms with van der Waals surface area (Å²) >= 11 is 0. The van der Waals surface area contributed by atoms with Crippen LogP contribution in [0.4, 0.5) is 0 Å². The average Bonchev–Trinajstić information content (AvgIpc) is 2.80. The van der Waals surface area contributed by atoms with Gasteiger partial charge in [0.15, 0.2) is 16.8 Å². The highest BCUT2D eigenvalue weighted by molar-refractivity contribution is 5.94. The van der Waals surface area contributed by atoms with Gasteiger partial charge in [0, 0.05) is 0 Å². The molecule has 3 bridgehead atoms. The summed E-state index contributed by atoms with van der Waals surface area (Å²) in [5.74, 6) is -3.53. The minimum absolute atomic E-state index is 0.00681. The van der Waals surface area contributed by atoms with Crippen LogP contribution < -0.4 is 14.3 Å². The normalized spacial score (nSPS) is 24.0. The third kappa shape index (κ3) is 1.72. The summed E-state index contributed by atoms with van der Waals surface area (Å²) in [5, 5.41) is 10.3. The Hall–Kier alpha value is -3.08. The van der Waals surface area contributed by atoms with E-state index in [0.29, 0.717) is 0 Å². The number of imidazole rings is 1. The smallest absolute Gasteiger partial charge is 0.346 e. The molecule has 22 heavy (non-hydrogen) atoms. The first-order valence-electron chi connectivity index (χ1n) is 6.06. The second-order valence-electron chi connectivity index (χ2n) is 4.77. The van der Waals surface area contributed by atoms with Crippen molar-refractivity contribution in [2.45, 2.75) is 18.4 Å². The van der Waals surface area contributed by atoms with E-state index in [0.717, 1.165) is 11.1 Å². The SMILES string of the molecule is O=C1CC2(O)CC(=O)On3cnc4nc(nc(c43)OC2=O)O1. The second kappa shape index (κ2) is 3.98. The van der Waals surface area contributed by atoms with Crippen molar-refractivity contribution in [2.24, 2.45) is 0 Å². The number of fused-ring (bicyclic) bond motifs is 3. The van der Waals surface area contributed by atoms with E-state index in [1.165, 1.54) is 0 Å². The average molecular weight is 306 g/mol. The number of nitrogens with zero attached hydrogens (tertiary/aromatic N) is 4. The van der Waals surface area contributed by atoms with Crippen LogP contribution in [0.3, 0.4) is 0 Å². The summed E-state index contributed by atoms with van der Waals surface area (Å²) in [6.07, 6.45) is -0.496. The molecule has 11 heteroatoms. The Morgan fingerprint density at radius 1 is 1.14 bits per heavy atom. The molecule has 2 aromatic heterocycles. The Morgan fingerprint density at radius 2 is 1.91 bits per heavy atom. The van der Waals surface area contributed by atoms with Gasteiger partial charge in [0.05, 0.1) is 12.8 Å². The van der Waals surface area contributed by atoms with Crippen molar-refractivity contribution < 1.29 is 33.8 Å². The van der Waals surface area contributed by atoms with Crippen LogP contribution >= 0.6 is 0 Å². The van der Waals surface area contributed by atoms with Gasteiger partial charge in [0.2, 0.25) is 0 Å². The molecule has 4 heterocycles. The van der Waals surface area contributed by atoms with E-state index in [-0.39, 0.29) is 23.1 Å². The molecule has 0 amide bonds. The molecule has 0 saturated carbocycles. The summed E-state index contributed by atoms with van der Waals surface area (Å²) in [7, 11) is 0. The minimum Gasteiger partial charge on any atom is -0.403 e. The first kappa shape index (κ1) is 12.6. The number of esters is 2. The van der Waals surface area contributed by atoms with Crippen LogP contribution in [0.1, 0.15) is 12.8 Å². The van der Waals surface area contributed by atoms with Crippen molar-refractivity contribution >= 4 is 29.1 Å². The second-order valence-corrected chi connectivity index (χ2v) is 4.77. The van der Waals surface area contributed by atoms with Crippen LogP contribution in [-0.4, -0.2) is 48.3 Å².